The lowest BCUT2D eigenvalue weighted by molar-refractivity contribution is 0.0199. The first kappa shape index (κ1) is 14.1. The number of methoxy groups -OCH3 is 1. The van der Waals surface area contributed by atoms with Gasteiger partial charge in [0, 0.05) is 19.0 Å². The van der Waals surface area contributed by atoms with Crippen molar-refractivity contribution in [2.24, 2.45) is 0 Å². The molecule has 0 bridgehead atoms. The Morgan fingerprint density at radius 1 is 1.12 bits per heavy atom. The number of nitrogens with zero attached hydrogens (tertiary/aromatic N) is 1. The van der Waals surface area contributed by atoms with Crippen molar-refractivity contribution in [3.8, 4) is 0 Å². The third-order valence-electron chi connectivity index (χ3n) is 2.32. The quantitative estimate of drug-likeness (QED) is 0.616. The van der Waals surface area contributed by atoms with Crippen LogP contribution in [0.5, 0.6) is 0 Å². The third-order valence-corrected chi connectivity index (χ3v) is 2.32. The van der Waals surface area contributed by atoms with Crippen LogP contribution in [0.15, 0.2) is 18.3 Å². The highest BCUT2D eigenvalue weighted by Gasteiger charge is 1.96. The van der Waals surface area contributed by atoms with Crippen molar-refractivity contribution in [1.29, 1.82) is 0 Å². The van der Waals surface area contributed by atoms with Gasteiger partial charge in [-0.3, -0.25) is 4.98 Å². The molecule has 4 nitrogen and oxygen atoms in total. The van der Waals surface area contributed by atoms with E-state index in [0.29, 0.717) is 33.0 Å². The zero-order valence-corrected chi connectivity index (χ0v) is 10.6. The molecule has 0 atom stereocenters. The van der Waals surface area contributed by atoms with Crippen molar-refractivity contribution < 1.29 is 14.2 Å². The van der Waals surface area contributed by atoms with Gasteiger partial charge >= 0.3 is 0 Å². The van der Waals surface area contributed by atoms with Gasteiger partial charge in [0.2, 0.25) is 0 Å². The molecule has 0 aliphatic heterocycles. The van der Waals surface area contributed by atoms with E-state index >= 15 is 0 Å². The molecule has 96 valence electrons. The van der Waals surface area contributed by atoms with Crippen LogP contribution in [0.4, 0.5) is 0 Å². The molecule has 0 N–H and O–H groups in total. The van der Waals surface area contributed by atoms with Crippen molar-refractivity contribution in [1.82, 2.24) is 4.98 Å². The number of pyridine rings is 1. The molecule has 0 aromatic carbocycles. The maximum absolute atomic E-state index is 5.51. The molecule has 0 amide bonds. The topological polar surface area (TPSA) is 40.6 Å². The van der Waals surface area contributed by atoms with Gasteiger partial charge in [-0.1, -0.05) is 6.92 Å². The molecule has 0 aliphatic rings. The summed E-state index contributed by atoms with van der Waals surface area (Å²) < 4.78 is 15.7. The van der Waals surface area contributed by atoms with Crippen LogP contribution in [-0.4, -0.2) is 38.5 Å². The van der Waals surface area contributed by atoms with Gasteiger partial charge in [0.25, 0.3) is 0 Å². The number of ether oxygens (including phenoxy) is 3. The maximum atomic E-state index is 5.51. The molecule has 0 fully saturated rings. The maximum Gasteiger partial charge on any atom is 0.0719 e. The number of aromatic nitrogens is 1. The lowest BCUT2D eigenvalue weighted by atomic mass is 10.2. The zero-order valence-electron chi connectivity index (χ0n) is 10.6. The molecule has 0 aliphatic carbocycles. The van der Waals surface area contributed by atoms with E-state index in [1.165, 1.54) is 0 Å². The van der Waals surface area contributed by atoms with Crippen LogP contribution < -0.4 is 0 Å². The normalized spacial score (nSPS) is 10.7. The minimum absolute atomic E-state index is 0.605. The molecule has 0 spiro atoms. The van der Waals surface area contributed by atoms with Gasteiger partial charge in [-0.25, -0.2) is 0 Å². The van der Waals surface area contributed by atoms with E-state index in [4.69, 9.17) is 14.2 Å². The Hall–Kier alpha value is -0.970. The Labute approximate surface area is 103 Å². The van der Waals surface area contributed by atoms with E-state index in [2.05, 4.69) is 18.0 Å². The molecule has 0 saturated carbocycles. The number of hydrogen-bond acceptors (Lipinski definition) is 4. The van der Waals surface area contributed by atoms with Gasteiger partial charge < -0.3 is 14.2 Å². The summed E-state index contributed by atoms with van der Waals surface area (Å²) in [6.45, 7) is 5.17. The molecule has 4 heteroatoms. The van der Waals surface area contributed by atoms with Crippen molar-refractivity contribution in [2.75, 3.05) is 33.5 Å². The van der Waals surface area contributed by atoms with Gasteiger partial charge in [0.05, 0.1) is 33.0 Å². The predicted octanol–water partition coefficient (Wildman–Crippen LogP) is 1.82. The standard InChI is InChI=1S/C13H21NO3/c1-3-13-10-12(4-5-14-13)11-17-9-8-16-7-6-15-2/h4-5,10H,3,6-9,11H2,1-2H3. The van der Waals surface area contributed by atoms with Crippen LogP contribution in [0.3, 0.4) is 0 Å². The monoisotopic (exact) mass is 239 g/mol. The summed E-state index contributed by atoms with van der Waals surface area (Å²) >= 11 is 0. The van der Waals surface area contributed by atoms with Gasteiger partial charge in [-0.2, -0.15) is 0 Å². The van der Waals surface area contributed by atoms with E-state index in [-0.39, 0.29) is 0 Å². The lowest BCUT2D eigenvalue weighted by Crippen LogP contribution is -2.08. The van der Waals surface area contributed by atoms with Crippen molar-refractivity contribution in [2.45, 2.75) is 20.0 Å². The molecule has 1 aromatic heterocycles. The van der Waals surface area contributed by atoms with Crippen molar-refractivity contribution >= 4 is 0 Å². The first-order valence-electron chi connectivity index (χ1n) is 5.95. The number of rotatable bonds is 9. The van der Waals surface area contributed by atoms with Crippen LogP contribution in [0.1, 0.15) is 18.2 Å². The summed E-state index contributed by atoms with van der Waals surface area (Å²) in [5, 5.41) is 0. The van der Waals surface area contributed by atoms with Crippen LogP contribution in [0.25, 0.3) is 0 Å². The molecule has 17 heavy (non-hydrogen) atoms. The summed E-state index contributed by atoms with van der Waals surface area (Å²) in [4.78, 5) is 4.24. The summed E-state index contributed by atoms with van der Waals surface area (Å²) in [5.41, 5.74) is 2.26. The average Bonchev–Trinajstić information content (AvgIpc) is 2.38. The van der Waals surface area contributed by atoms with Crippen molar-refractivity contribution in [3.63, 3.8) is 0 Å². The number of hydrogen-bond donors (Lipinski definition) is 0. The second-order valence-electron chi connectivity index (χ2n) is 3.67. The number of aryl methyl sites for hydroxylation is 1. The van der Waals surface area contributed by atoms with Gasteiger partial charge in [0.1, 0.15) is 0 Å². The van der Waals surface area contributed by atoms with E-state index in [9.17, 15) is 0 Å². The van der Waals surface area contributed by atoms with Gasteiger partial charge in [-0.15, -0.1) is 0 Å². The largest absolute Gasteiger partial charge is 0.382 e. The summed E-state index contributed by atoms with van der Waals surface area (Å²) in [7, 11) is 1.66. The van der Waals surface area contributed by atoms with Crippen LogP contribution in [0.2, 0.25) is 0 Å². The van der Waals surface area contributed by atoms with Crippen LogP contribution >= 0.6 is 0 Å². The molecule has 0 radical (unpaired) electrons. The third kappa shape index (κ3) is 6.36. The molecule has 1 heterocycles. The first-order chi connectivity index (χ1) is 8.36. The van der Waals surface area contributed by atoms with Crippen molar-refractivity contribution in [3.05, 3.63) is 29.6 Å². The Morgan fingerprint density at radius 2 is 1.88 bits per heavy atom. The van der Waals surface area contributed by atoms with Gasteiger partial charge in [0.15, 0.2) is 0 Å². The fourth-order valence-electron chi connectivity index (χ4n) is 1.36. The molecule has 1 rings (SSSR count). The highest BCUT2D eigenvalue weighted by molar-refractivity contribution is 5.15. The molecule has 0 unspecified atom stereocenters. The zero-order chi connectivity index (χ0) is 12.3. The fourth-order valence-corrected chi connectivity index (χ4v) is 1.36. The smallest absolute Gasteiger partial charge is 0.0719 e. The van der Waals surface area contributed by atoms with E-state index in [0.717, 1.165) is 17.7 Å². The second kappa shape index (κ2) is 9.10. The summed E-state index contributed by atoms with van der Waals surface area (Å²) in [6, 6.07) is 4.05. The summed E-state index contributed by atoms with van der Waals surface area (Å²) in [5.74, 6) is 0. The molecular weight excluding hydrogens is 218 g/mol. The fraction of sp³-hybridized carbons (Fsp3) is 0.615. The Kier molecular flexibility index (Phi) is 7.54. The summed E-state index contributed by atoms with van der Waals surface area (Å²) in [6.07, 6.45) is 2.78. The molecule has 0 saturated heterocycles. The Morgan fingerprint density at radius 3 is 2.65 bits per heavy atom. The minimum Gasteiger partial charge on any atom is -0.382 e. The first-order valence-corrected chi connectivity index (χ1v) is 5.95. The predicted molar refractivity (Wildman–Crippen MR) is 66.0 cm³/mol. The Balaban J connectivity index is 2.09. The van der Waals surface area contributed by atoms with Gasteiger partial charge in [-0.05, 0) is 24.1 Å². The SMILES string of the molecule is CCc1cc(COCCOCCOC)ccn1. The van der Waals surface area contributed by atoms with E-state index in [1.54, 1.807) is 7.11 Å². The molecular formula is C13H21NO3. The highest BCUT2D eigenvalue weighted by atomic mass is 16.5. The lowest BCUT2D eigenvalue weighted by Gasteiger charge is -2.06. The molecule has 1 aromatic rings. The minimum atomic E-state index is 0.605. The van der Waals surface area contributed by atoms with E-state index in [1.807, 2.05) is 12.3 Å². The average molecular weight is 239 g/mol. The van der Waals surface area contributed by atoms with Crippen LogP contribution in [-0.2, 0) is 27.2 Å². The van der Waals surface area contributed by atoms with Crippen LogP contribution in [0, 0.1) is 0 Å². The highest BCUT2D eigenvalue weighted by Crippen LogP contribution is 2.04. The van der Waals surface area contributed by atoms with E-state index < -0.39 is 0 Å². The second-order valence-corrected chi connectivity index (χ2v) is 3.67. The Bertz CT molecular complexity index is 304.